The SMILES string of the molecule is Cn1c(=O)n(C)c2cc(Cn3cnc(-c4cccc(OCCI)c4)c3C3CC3)ccc21. The number of hydrogen-bond donors (Lipinski definition) is 0. The number of ether oxygens (including phenoxy) is 1. The van der Waals surface area contributed by atoms with Crippen LogP contribution in [0.25, 0.3) is 22.3 Å². The van der Waals surface area contributed by atoms with E-state index in [4.69, 9.17) is 9.72 Å². The summed E-state index contributed by atoms with van der Waals surface area (Å²) in [5.74, 6) is 1.45. The Balaban J connectivity index is 1.50. The molecule has 6 nitrogen and oxygen atoms in total. The Morgan fingerprint density at radius 1 is 1.10 bits per heavy atom. The molecule has 0 aliphatic heterocycles. The molecular weight excluding hydrogens is 503 g/mol. The molecule has 0 atom stereocenters. The molecule has 1 aliphatic rings. The Labute approximate surface area is 194 Å². The Morgan fingerprint density at radius 3 is 2.68 bits per heavy atom. The van der Waals surface area contributed by atoms with Crippen LogP contribution in [0.15, 0.2) is 53.6 Å². The lowest BCUT2D eigenvalue weighted by atomic mass is 10.1. The van der Waals surface area contributed by atoms with E-state index in [9.17, 15) is 4.79 Å². The van der Waals surface area contributed by atoms with Gasteiger partial charge in [-0.3, -0.25) is 9.13 Å². The van der Waals surface area contributed by atoms with E-state index in [2.05, 4.69) is 51.4 Å². The van der Waals surface area contributed by atoms with E-state index in [1.807, 2.05) is 38.6 Å². The molecule has 2 aromatic carbocycles. The number of imidazole rings is 2. The average molecular weight is 528 g/mol. The lowest BCUT2D eigenvalue weighted by molar-refractivity contribution is 0.346. The van der Waals surface area contributed by atoms with Crippen LogP contribution in [0.2, 0.25) is 0 Å². The first-order chi connectivity index (χ1) is 15.1. The maximum absolute atomic E-state index is 12.3. The van der Waals surface area contributed by atoms with Gasteiger partial charge in [0.2, 0.25) is 0 Å². The van der Waals surface area contributed by atoms with E-state index >= 15 is 0 Å². The maximum Gasteiger partial charge on any atom is 0.328 e. The third kappa shape index (κ3) is 3.79. The Morgan fingerprint density at radius 2 is 1.90 bits per heavy atom. The summed E-state index contributed by atoms with van der Waals surface area (Å²) in [6.45, 7) is 1.45. The van der Waals surface area contributed by atoms with Gasteiger partial charge in [0.15, 0.2) is 0 Å². The molecular formula is C24H25IN4O2. The number of fused-ring (bicyclic) bond motifs is 1. The summed E-state index contributed by atoms with van der Waals surface area (Å²) in [6.07, 6.45) is 4.36. The van der Waals surface area contributed by atoms with Crippen molar-refractivity contribution in [2.75, 3.05) is 11.0 Å². The highest BCUT2D eigenvalue weighted by molar-refractivity contribution is 14.1. The lowest BCUT2D eigenvalue weighted by Crippen LogP contribution is -2.19. The minimum absolute atomic E-state index is 0.000374. The van der Waals surface area contributed by atoms with Crippen molar-refractivity contribution in [3.05, 3.63) is 70.5 Å². The van der Waals surface area contributed by atoms with Gasteiger partial charge in [0, 0.05) is 42.2 Å². The van der Waals surface area contributed by atoms with Crippen molar-refractivity contribution in [1.29, 1.82) is 0 Å². The van der Waals surface area contributed by atoms with E-state index < -0.39 is 0 Å². The first-order valence-corrected chi connectivity index (χ1v) is 12.1. The molecule has 0 spiro atoms. The first kappa shape index (κ1) is 20.4. The number of aromatic nitrogens is 4. The van der Waals surface area contributed by atoms with Gasteiger partial charge in [0.1, 0.15) is 5.75 Å². The van der Waals surface area contributed by atoms with Crippen LogP contribution in [-0.2, 0) is 20.6 Å². The average Bonchev–Trinajstić information content (AvgIpc) is 3.51. The van der Waals surface area contributed by atoms with Gasteiger partial charge in [-0.05, 0) is 42.7 Å². The molecule has 31 heavy (non-hydrogen) atoms. The zero-order chi connectivity index (χ0) is 21.5. The second kappa shape index (κ2) is 8.18. The molecule has 2 aromatic heterocycles. The third-order valence-corrected chi connectivity index (χ3v) is 6.43. The number of rotatable bonds is 7. The van der Waals surface area contributed by atoms with Crippen LogP contribution in [0.4, 0.5) is 0 Å². The van der Waals surface area contributed by atoms with Crippen molar-refractivity contribution in [3.8, 4) is 17.0 Å². The zero-order valence-corrected chi connectivity index (χ0v) is 19.9. The van der Waals surface area contributed by atoms with Crippen LogP contribution in [0, 0.1) is 0 Å². The van der Waals surface area contributed by atoms with Crippen molar-refractivity contribution < 1.29 is 4.74 Å². The monoisotopic (exact) mass is 528 g/mol. The van der Waals surface area contributed by atoms with Crippen LogP contribution in [-0.4, -0.2) is 29.7 Å². The number of alkyl halides is 1. The molecule has 0 amide bonds. The highest BCUT2D eigenvalue weighted by Gasteiger charge is 2.31. The largest absolute Gasteiger partial charge is 0.493 e. The second-order valence-corrected chi connectivity index (χ2v) is 9.25. The Hall–Kier alpha value is -2.55. The lowest BCUT2D eigenvalue weighted by Gasteiger charge is -2.11. The topological polar surface area (TPSA) is 54.0 Å². The molecule has 4 aromatic rings. The molecule has 0 radical (unpaired) electrons. The molecule has 0 unspecified atom stereocenters. The molecule has 7 heteroatoms. The summed E-state index contributed by atoms with van der Waals surface area (Å²) in [7, 11) is 3.64. The summed E-state index contributed by atoms with van der Waals surface area (Å²) < 4.78 is 12.5. The van der Waals surface area contributed by atoms with Gasteiger partial charge in [0.25, 0.3) is 0 Å². The van der Waals surface area contributed by atoms with Gasteiger partial charge in [-0.25, -0.2) is 9.78 Å². The van der Waals surface area contributed by atoms with Gasteiger partial charge < -0.3 is 9.30 Å². The third-order valence-electron chi connectivity index (χ3n) is 5.98. The minimum atomic E-state index is 0.000374. The van der Waals surface area contributed by atoms with Crippen molar-refractivity contribution in [3.63, 3.8) is 0 Å². The van der Waals surface area contributed by atoms with Crippen LogP contribution in [0.3, 0.4) is 0 Å². The maximum atomic E-state index is 12.3. The van der Waals surface area contributed by atoms with Crippen molar-refractivity contribution >= 4 is 33.6 Å². The highest BCUT2D eigenvalue weighted by Crippen LogP contribution is 2.44. The van der Waals surface area contributed by atoms with Crippen molar-refractivity contribution in [1.82, 2.24) is 18.7 Å². The van der Waals surface area contributed by atoms with E-state index in [0.717, 1.165) is 39.0 Å². The van der Waals surface area contributed by atoms with Crippen LogP contribution >= 0.6 is 22.6 Å². The summed E-state index contributed by atoms with van der Waals surface area (Å²) in [4.78, 5) is 17.1. The molecule has 2 heterocycles. The normalized spacial score (nSPS) is 13.8. The minimum Gasteiger partial charge on any atom is -0.493 e. The molecule has 160 valence electrons. The summed E-state index contributed by atoms with van der Waals surface area (Å²) >= 11 is 2.32. The smallest absolute Gasteiger partial charge is 0.328 e. The molecule has 0 bridgehead atoms. The zero-order valence-electron chi connectivity index (χ0n) is 17.7. The van der Waals surface area contributed by atoms with Gasteiger partial charge in [-0.2, -0.15) is 0 Å². The Kier molecular flexibility index (Phi) is 5.37. The Bertz CT molecular complexity index is 1310. The quantitative estimate of drug-likeness (QED) is 0.263. The number of benzene rings is 2. The predicted octanol–water partition coefficient (Wildman–Crippen LogP) is 4.48. The van der Waals surface area contributed by atoms with E-state index in [-0.39, 0.29) is 5.69 Å². The second-order valence-electron chi connectivity index (χ2n) is 8.17. The summed E-state index contributed by atoms with van der Waals surface area (Å²) in [5, 5.41) is 0. The molecule has 1 saturated carbocycles. The van der Waals surface area contributed by atoms with Gasteiger partial charge >= 0.3 is 5.69 Å². The van der Waals surface area contributed by atoms with E-state index in [0.29, 0.717) is 12.5 Å². The molecule has 0 N–H and O–H groups in total. The van der Waals surface area contributed by atoms with Crippen molar-refractivity contribution in [2.45, 2.75) is 25.3 Å². The summed E-state index contributed by atoms with van der Waals surface area (Å²) in [5.41, 5.74) is 6.53. The molecule has 0 saturated heterocycles. The highest BCUT2D eigenvalue weighted by atomic mass is 127. The fourth-order valence-corrected chi connectivity index (χ4v) is 4.48. The predicted molar refractivity (Wildman–Crippen MR) is 131 cm³/mol. The molecule has 1 fully saturated rings. The number of nitrogens with zero attached hydrogens (tertiary/aromatic N) is 4. The number of aryl methyl sites for hydroxylation is 2. The first-order valence-electron chi connectivity index (χ1n) is 10.6. The summed E-state index contributed by atoms with van der Waals surface area (Å²) in [6, 6.07) is 14.5. The number of halogens is 1. The molecule has 1 aliphatic carbocycles. The molecule has 5 rings (SSSR count). The fourth-order valence-electron chi connectivity index (χ4n) is 4.26. The van der Waals surface area contributed by atoms with Gasteiger partial charge in [-0.15, -0.1) is 0 Å². The van der Waals surface area contributed by atoms with Crippen LogP contribution in [0.5, 0.6) is 5.75 Å². The number of hydrogen-bond acceptors (Lipinski definition) is 3. The van der Waals surface area contributed by atoms with E-state index in [1.54, 1.807) is 9.13 Å². The van der Waals surface area contributed by atoms with Gasteiger partial charge in [-0.1, -0.05) is 40.8 Å². The standard InChI is InChI=1S/C24H25IN4O2/c1-27-20-9-6-16(12-21(20)28(2)24(27)30)14-29-15-26-22(23(29)17-7-8-17)18-4-3-5-19(13-18)31-11-10-25/h3-6,9,12-13,15,17H,7-8,10-11,14H2,1-2H3. The van der Waals surface area contributed by atoms with Gasteiger partial charge in [0.05, 0.1) is 29.7 Å². The van der Waals surface area contributed by atoms with E-state index in [1.165, 1.54) is 24.1 Å². The fraction of sp³-hybridized carbons (Fsp3) is 0.333. The van der Waals surface area contributed by atoms with Crippen LogP contribution < -0.4 is 10.4 Å². The van der Waals surface area contributed by atoms with Crippen LogP contribution in [0.1, 0.15) is 30.0 Å². The van der Waals surface area contributed by atoms with Crippen molar-refractivity contribution in [2.24, 2.45) is 14.1 Å².